The van der Waals surface area contributed by atoms with E-state index in [1.807, 2.05) is 42.5 Å². The molecule has 112 heavy (non-hydrogen) atoms. The second-order valence-corrected chi connectivity index (χ2v) is 28.8. The lowest BCUT2D eigenvalue weighted by Crippen LogP contribution is -1.98. The van der Waals surface area contributed by atoms with Crippen LogP contribution in [0.2, 0.25) is 0 Å². The first kappa shape index (κ1) is 65.1. The minimum Gasteiger partial charge on any atom is -0.309 e. The Morgan fingerprint density at radius 1 is 0.188 bits per heavy atom. The van der Waals surface area contributed by atoms with Gasteiger partial charge in [-0.2, -0.15) is 5.26 Å². The van der Waals surface area contributed by atoms with Gasteiger partial charge in [-0.15, -0.1) is 0 Å². The van der Waals surface area contributed by atoms with Gasteiger partial charge in [0, 0.05) is 76.8 Å². The predicted octanol–water partition coefficient (Wildman–Crippen LogP) is 27.2. The summed E-state index contributed by atoms with van der Waals surface area (Å²) in [5.41, 5.74) is 28.8. The lowest BCUT2D eigenvalue weighted by atomic mass is 9.98. The first-order chi connectivity index (χ1) is 55.5. The molecule has 16 aromatic carbocycles. The highest BCUT2D eigenvalue weighted by Crippen LogP contribution is 2.43. The van der Waals surface area contributed by atoms with Gasteiger partial charge in [-0.3, -0.25) is 4.57 Å². The summed E-state index contributed by atoms with van der Waals surface area (Å²) in [4.78, 5) is 10.4. The van der Waals surface area contributed by atoms with Crippen LogP contribution in [0.5, 0.6) is 0 Å². The van der Waals surface area contributed by atoms with Gasteiger partial charge in [-0.25, -0.2) is 9.97 Å². The van der Waals surface area contributed by atoms with Crippen molar-refractivity contribution < 1.29 is 0 Å². The molecule has 0 radical (unpaired) electrons. The molecule has 22 aromatic rings. The Balaban J connectivity index is 0.000000143. The standard InChI is InChI=1S/C57H37N3.C48H30N4/c1-2-12-38(13-3-1)40-24-26-41(27-25-40)42-16-10-17-46(34-42)52-20-11-23-57(58-52)60-54-22-9-7-19-49(54)51-37-45(30-33-56(51)60)44-29-32-55-50(36-44)48-18-6-8-21-53(48)59(55)47-31-28-39-14-4-5-15-43(39)35-47;49-31-32-20-24-37(25-21-32)51-45-18-6-4-14-39(45)41-29-34(22-26-47(41)51)35-23-27-48-42(30-35)40-15-5-7-19-46(40)52(48)38-13-8-12-36(28-38)44-17-9-16-43(50-44)33-10-2-1-3-11-33/h1-37H;1-30H. The molecule has 0 aliphatic carbocycles. The van der Waals surface area contributed by atoms with Crippen LogP contribution in [-0.2, 0) is 0 Å². The number of aromatic nitrogens is 6. The fraction of sp³-hybridized carbons (Fsp3) is 0. The highest BCUT2D eigenvalue weighted by Gasteiger charge is 2.21. The Hall–Kier alpha value is -15.2. The summed E-state index contributed by atoms with van der Waals surface area (Å²) >= 11 is 0. The molecule has 22 rings (SSSR count). The number of nitriles is 1. The molecule has 6 aromatic heterocycles. The first-order valence-electron chi connectivity index (χ1n) is 38.0. The summed E-state index contributed by atoms with van der Waals surface area (Å²) in [5.74, 6) is 0.895. The van der Waals surface area contributed by atoms with Crippen molar-refractivity contribution in [2.45, 2.75) is 0 Å². The molecule has 0 aliphatic rings. The van der Waals surface area contributed by atoms with Gasteiger partial charge in [0.25, 0.3) is 0 Å². The number of hydrogen-bond donors (Lipinski definition) is 0. The third kappa shape index (κ3) is 11.4. The molecule has 0 saturated carbocycles. The van der Waals surface area contributed by atoms with E-state index in [9.17, 15) is 5.26 Å². The monoisotopic (exact) mass is 1430 g/mol. The summed E-state index contributed by atoms with van der Waals surface area (Å²) in [6.07, 6.45) is 0. The van der Waals surface area contributed by atoms with Crippen LogP contribution in [0.25, 0.3) is 199 Å². The molecule has 0 fully saturated rings. The van der Waals surface area contributed by atoms with E-state index >= 15 is 0 Å². The lowest BCUT2D eigenvalue weighted by molar-refractivity contribution is 1.08. The van der Waals surface area contributed by atoms with Crippen LogP contribution in [-0.4, -0.2) is 28.2 Å². The van der Waals surface area contributed by atoms with Crippen LogP contribution in [0.15, 0.2) is 406 Å². The maximum atomic E-state index is 9.36. The number of rotatable bonds is 11. The van der Waals surface area contributed by atoms with Crippen LogP contribution in [0.1, 0.15) is 5.56 Å². The minimum absolute atomic E-state index is 0.655. The van der Waals surface area contributed by atoms with E-state index in [2.05, 4.69) is 388 Å². The largest absolute Gasteiger partial charge is 0.309 e. The average Bonchev–Trinajstić information content (AvgIpc) is 1.60. The van der Waals surface area contributed by atoms with Gasteiger partial charge in [0.15, 0.2) is 0 Å². The Morgan fingerprint density at radius 2 is 0.527 bits per heavy atom. The Bertz CT molecular complexity index is 7500. The molecule has 0 bridgehead atoms. The molecule has 0 unspecified atom stereocenters. The van der Waals surface area contributed by atoms with E-state index in [0.717, 1.165) is 78.5 Å². The normalized spacial score (nSPS) is 11.6. The van der Waals surface area contributed by atoms with Gasteiger partial charge < -0.3 is 13.7 Å². The number of hydrogen-bond acceptors (Lipinski definition) is 3. The van der Waals surface area contributed by atoms with Crippen molar-refractivity contribution in [1.82, 2.24) is 28.2 Å². The maximum absolute atomic E-state index is 9.36. The molecule has 7 nitrogen and oxygen atoms in total. The molecular weight excluding hydrogens is 1360 g/mol. The van der Waals surface area contributed by atoms with E-state index in [1.54, 1.807) is 0 Å². The predicted molar refractivity (Wildman–Crippen MR) is 466 cm³/mol. The molecular formula is C105H67N7. The van der Waals surface area contributed by atoms with Crippen molar-refractivity contribution in [1.29, 1.82) is 5.26 Å². The van der Waals surface area contributed by atoms with Crippen molar-refractivity contribution in [3.8, 4) is 107 Å². The summed E-state index contributed by atoms with van der Waals surface area (Å²) in [7, 11) is 0. The van der Waals surface area contributed by atoms with Gasteiger partial charge >= 0.3 is 0 Å². The van der Waals surface area contributed by atoms with Gasteiger partial charge in [-0.1, -0.05) is 255 Å². The Kier molecular flexibility index (Phi) is 15.8. The molecule has 0 N–H and O–H groups in total. The first-order valence-corrected chi connectivity index (χ1v) is 38.0. The summed E-state index contributed by atoms with van der Waals surface area (Å²) in [5, 5.41) is 21.6. The van der Waals surface area contributed by atoms with E-state index in [-0.39, 0.29) is 0 Å². The fourth-order valence-corrected chi connectivity index (χ4v) is 16.9. The summed E-state index contributed by atoms with van der Waals surface area (Å²) in [6, 6.07) is 147. The third-order valence-corrected chi connectivity index (χ3v) is 22.3. The molecule has 7 heteroatoms. The smallest absolute Gasteiger partial charge is 0.138 e. The van der Waals surface area contributed by atoms with Crippen molar-refractivity contribution in [2.24, 2.45) is 0 Å². The molecule has 0 amide bonds. The highest BCUT2D eigenvalue weighted by atomic mass is 15.1. The van der Waals surface area contributed by atoms with E-state index < -0.39 is 0 Å². The highest BCUT2D eigenvalue weighted by molar-refractivity contribution is 6.15. The van der Waals surface area contributed by atoms with E-state index in [1.165, 1.54) is 121 Å². The number of fused-ring (bicyclic) bond motifs is 13. The van der Waals surface area contributed by atoms with Gasteiger partial charge in [0.1, 0.15) is 5.82 Å². The van der Waals surface area contributed by atoms with Crippen molar-refractivity contribution in [3.05, 3.63) is 412 Å². The number of pyridine rings is 2. The van der Waals surface area contributed by atoms with Crippen LogP contribution in [0.3, 0.4) is 0 Å². The van der Waals surface area contributed by atoms with Crippen LogP contribution >= 0.6 is 0 Å². The van der Waals surface area contributed by atoms with Crippen LogP contribution in [0.4, 0.5) is 0 Å². The summed E-state index contributed by atoms with van der Waals surface area (Å²) in [6.45, 7) is 0. The molecule has 0 saturated heterocycles. The Labute approximate surface area is 646 Å². The zero-order valence-electron chi connectivity index (χ0n) is 60.8. The zero-order valence-corrected chi connectivity index (χ0v) is 60.8. The second-order valence-electron chi connectivity index (χ2n) is 28.8. The quantitative estimate of drug-likeness (QED) is 0.130. The molecule has 0 atom stereocenters. The average molecular weight is 1430 g/mol. The molecule has 6 heterocycles. The number of para-hydroxylation sites is 4. The molecule has 0 spiro atoms. The van der Waals surface area contributed by atoms with E-state index in [0.29, 0.717) is 5.56 Å². The molecule has 0 aliphatic heterocycles. The fourth-order valence-electron chi connectivity index (χ4n) is 16.9. The number of benzene rings is 16. The van der Waals surface area contributed by atoms with Crippen LogP contribution in [0, 0.1) is 11.3 Å². The van der Waals surface area contributed by atoms with Crippen molar-refractivity contribution in [3.63, 3.8) is 0 Å². The maximum Gasteiger partial charge on any atom is 0.138 e. The van der Waals surface area contributed by atoms with Gasteiger partial charge in [-0.05, 0) is 207 Å². The topological polar surface area (TPSA) is 69.3 Å². The second kappa shape index (κ2) is 27.2. The zero-order chi connectivity index (χ0) is 74.2. The Morgan fingerprint density at radius 3 is 1.06 bits per heavy atom. The van der Waals surface area contributed by atoms with Gasteiger partial charge in [0.2, 0.25) is 0 Å². The van der Waals surface area contributed by atoms with Crippen molar-refractivity contribution in [2.75, 3.05) is 0 Å². The third-order valence-electron chi connectivity index (χ3n) is 22.3. The lowest BCUT2D eigenvalue weighted by Gasteiger charge is -2.11. The SMILES string of the molecule is N#Cc1ccc(-n2c3ccccc3c3cc(-c4ccc5c(c4)c4ccccc4n5-c4cccc(-c5cccc(-c6ccccc6)n5)c4)ccc32)cc1.c1ccc(-c2ccc(-c3cccc(-c4cccc(-n5c6ccccc6c6cc(-c7ccc8c(c7)c7ccccc7n8-c7ccc8ccccc8c7)ccc65)n4)c3)cc2)cc1. The number of nitrogens with zero attached hydrogens (tertiary/aromatic N) is 7. The van der Waals surface area contributed by atoms with Crippen molar-refractivity contribution >= 4 is 98.0 Å². The summed E-state index contributed by atoms with van der Waals surface area (Å²) < 4.78 is 9.37. The van der Waals surface area contributed by atoms with Crippen LogP contribution < -0.4 is 0 Å². The molecule has 522 valence electrons. The van der Waals surface area contributed by atoms with E-state index in [4.69, 9.17) is 9.97 Å². The van der Waals surface area contributed by atoms with Gasteiger partial charge in [0.05, 0.1) is 72.8 Å². The minimum atomic E-state index is 0.655.